The lowest BCUT2D eigenvalue weighted by Gasteiger charge is -2.31. The van der Waals surface area contributed by atoms with Gasteiger partial charge in [-0.25, -0.2) is 4.79 Å². The first kappa shape index (κ1) is 52.2. The van der Waals surface area contributed by atoms with E-state index in [0.29, 0.717) is 19.3 Å². The van der Waals surface area contributed by atoms with E-state index in [4.69, 9.17) is 14.2 Å². The first-order chi connectivity index (χ1) is 27.1. The van der Waals surface area contributed by atoms with Crippen LogP contribution in [0.15, 0.2) is 97.2 Å². The van der Waals surface area contributed by atoms with Gasteiger partial charge in [-0.05, 0) is 77.0 Å². The highest BCUT2D eigenvalue weighted by Crippen LogP contribution is 2.12. The van der Waals surface area contributed by atoms with Gasteiger partial charge in [-0.3, -0.25) is 9.59 Å². The molecule has 0 heterocycles. The highest BCUT2D eigenvalue weighted by Gasteiger charge is 2.31. The third kappa shape index (κ3) is 35.9. The average molecular weight is 781 g/mol. The molecule has 1 N–H and O–H groups in total. The number of esters is 2. The Bertz CT molecular complexity index is 1230. The van der Waals surface area contributed by atoms with Crippen LogP contribution in [0.5, 0.6) is 0 Å². The number of unbranched alkanes of at least 4 members (excludes halogenated alkanes) is 6. The quantitative estimate of drug-likeness (QED) is 0.0292. The van der Waals surface area contributed by atoms with Crippen molar-refractivity contribution in [3.8, 4) is 0 Å². The van der Waals surface area contributed by atoms with Crippen molar-refractivity contribution in [1.29, 1.82) is 0 Å². The molecule has 0 aliphatic carbocycles. The molecule has 0 saturated heterocycles. The molecular weight excluding hydrogens is 703 g/mol. The number of quaternary nitrogens is 1. The molecule has 0 radical (unpaired) electrons. The normalized spacial score (nSPS) is 13.9. The number of ether oxygens (including phenoxy) is 3. The molecule has 316 valence electrons. The molecule has 0 amide bonds. The van der Waals surface area contributed by atoms with Crippen molar-refractivity contribution in [1.82, 2.24) is 0 Å². The van der Waals surface area contributed by atoms with Crippen molar-refractivity contribution >= 4 is 17.9 Å². The lowest BCUT2D eigenvalue weighted by Crippen LogP contribution is -2.50. The molecular formula is C48H78NO7+. The van der Waals surface area contributed by atoms with Gasteiger partial charge in [0.2, 0.25) is 0 Å². The Labute approximate surface area is 341 Å². The molecule has 0 aromatic heterocycles. The van der Waals surface area contributed by atoms with Crippen molar-refractivity contribution in [2.24, 2.45) is 0 Å². The zero-order valence-electron chi connectivity index (χ0n) is 35.8. The molecule has 0 bridgehead atoms. The van der Waals surface area contributed by atoms with Gasteiger partial charge < -0.3 is 23.8 Å². The molecule has 0 fully saturated rings. The topological polar surface area (TPSA) is 99.1 Å². The van der Waals surface area contributed by atoms with Crippen LogP contribution < -0.4 is 0 Å². The summed E-state index contributed by atoms with van der Waals surface area (Å²) in [6.45, 7) is 4.38. The summed E-state index contributed by atoms with van der Waals surface area (Å²) in [5.74, 6) is -1.60. The van der Waals surface area contributed by atoms with Crippen molar-refractivity contribution in [2.45, 2.75) is 148 Å². The molecule has 0 aromatic rings. The molecule has 2 unspecified atom stereocenters. The first-order valence-electron chi connectivity index (χ1n) is 21.3. The minimum absolute atomic E-state index is 0.0264. The Kier molecular flexibility index (Phi) is 35.6. The molecule has 0 aliphatic rings. The van der Waals surface area contributed by atoms with Crippen LogP contribution in [0.4, 0.5) is 0 Å². The Hall–Kier alpha value is -3.75. The van der Waals surface area contributed by atoms with E-state index in [9.17, 15) is 19.5 Å². The van der Waals surface area contributed by atoms with Gasteiger partial charge in [0.25, 0.3) is 0 Å². The predicted molar refractivity (Wildman–Crippen MR) is 233 cm³/mol. The number of allylic oxidation sites excluding steroid dienone is 16. The van der Waals surface area contributed by atoms with Crippen LogP contribution in [-0.4, -0.2) is 80.6 Å². The Morgan fingerprint density at radius 3 is 1.46 bits per heavy atom. The average Bonchev–Trinajstić information content (AvgIpc) is 3.15. The third-order valence-electron chi connectivity index (χ3n) is 8.74. The molecule has 0 rings (SSSR count). The van der Waals surface area contributed by atoms with Crippen LogP contribution in [0.2, 0.25) is 0 Å². The standard InChI is InChI=1S/C48H77NO7/c1-6-8-10-12-14-16-18-20-21-22-23-24-25-27-29-31-33-35-37-39-47(51)56-44(42-54-41-40-45(48(52)53)49(3,4)5)43-55-46(50)38-36-34-32-30-28-26-19-17-15-13-11-9-7-2/h8-11,14-17,20-21,23-24,26,28,32,34,44-45H,6-7,12-13,18-19,22,25,27,29-31,33,35-43H2,1-5H3/p+1/b10-8-,11-9-,16-14-,17-15-,21-20-,24-23-,28-26-,34-32-. The maximum atomic E-state index is 12.7. The summed E-state index contributed by atoms with van der Waals surface area (Å²) in [4.78, 5) is 36.9. The number of carbonyl (C=O) groups is 3. The SMILES string of the molecule is CC/C=C\C/C=C\C/C=C\C/C=C\CCCCCCCCC(=O)OC(COCCC(C(=O)O)[N+](C)(C)C)COC(=O)CC/C=C\C/C=C\C/C=C\C/C=C\CC. The van der Waals surface area contributed by atoms with Gasteiger partial charge in [-0.15, -0.1) is 0 Å². The number of rotatable bonds is 36. The van der Waals surface area contributed by atoms with Crippen molar-refractivity contribution in [3.05, 3.63) is 97.2 Å². The largest absolute Gasteiger partial charge is 0.477 e. The van der Waals surface area contributed by atoms with Crippen LogP contribution in [0.25, 0.3) is 0 Å². The molecule has 0 saturated carbocycles. The smallest absolute Gasteiger partial charge is 0.362 e. The second-order valence-electron chi connectivity index (χ2n) is 14.8. The van der Waals surface area contributed by atoms with Crippen molar-refractivity contribution in [2.75, 3.05) is 41.0 Å². The van der Waals surface area contributed by atoms with Gasteiger partial charge >= 0.3 is 17.9 Å². The number of carbonyl (C=O) groups excluding carboxylic acids is 2. The summed E-state index contributed by atoms with van der Waals surface area (Å²) >= 11 is 0. The van der Waals surface area contributed by atoms with E-state index < -0.39 is 18.1 Å². The van der Waals surface area contributed by atoms with Gasteiger partial charge in [0.15, 0.2) is 12.1 Å². The number of carboxylic acids is 1. The van der Waals surface area contributed by atoms with Gasteiger partial charge in [0.1, 0.15) is 6.61 Å². The van der Waals surface area contributed by atoms with Gasteiger partial charge in [0, 0.05) is 19.3 Å². The summed E-state index contributed by atoms with van der Waals surface area (Å²) in [6, 6.07) is -0.632. The zero-order chi connectivity index (χ0) is 41.4. The number of nitrogens with zero attached hydrogens (tertiary/aromatic N) is 1. The monoisotopic (exact) mass is 781 g/mol. The summed E-state index contributed by atoms with van der Waals surface area (Å²) in [6.07, 6.45) is 50.4. The second-order valence-corrected chi connectivity index (χ2v) is 14.8. The maximum Gasteiger partial charge on any atom is 0.362 e. The maximum absolute atomic E-state index is 12.7. The molecule has 0 aliphatic heterocycles. The van der Waals surface area contributed by atoms with Gasteiger partial charge in [-0.2, -0.15) is 0 Å². The van der Waals surface area contributed by atoms with E-state index in [1.54, 1.807) is 0 Å². The Morgan fingerprint density at radius 1 is 0.536 bits per heavy atom. The lowest BCUT2D eigenvalue weighted by molar-refractivity contribution is -0.887. The fourth-order valence-electron chi connectivity index (χ4n) is 5.51. The summed E-state index contributed by atoms with van der Waals surface area (Å²) in [7, 11) is 5.48. The summed E-state index contributed by atoms with van der Waals surface area (Å²) in [5, 5.41) is 9.61. The minimum atomic E-state index is -0.892. The second kappa shape index (κ2) is 38.1. The van der Waals surface area contributed by atoms with Crippen LogP contribution in [0, 0.1) is 0 Å². The number of hydrogen-bond donors (Lipinski definition) is 1. The first-order valence-corrected chi connectivity index (χ1v) is 21.3. The summed E-state index contributed by atoms with van der Waals surface area (Å²) < 4.78 is 17.2. The van der Waals surface area contributed by atoms with E-state index in [0.717, 1.165) is 83.5 Å². The van der Waals surface area contributed by atoms with Crippen LogP contribution in [0.1, 0.15) is 136 Å². The van der Waals surface area contributed by atoms with E-state index in [-0.39, 0.29) is 42.7 Å². The minimum Gasteiger partial charge on any atom is -0.477 e. The van der Waals surface area contributed by atoms with E-state index >= 15 is 0 Å². The number of hydrogen-bond acceptors (Lipinski definition) is 6. The highest BCUT2D eigenvalue weighted by molar-refractivity contribution is 5.72. The van der Waals surface area contributed by atoms with E-state index in [1.165, 1.54) is 12.8 Å². The molecule has 0 spiro atoms. The van der Waals surface area contributed by atoms with E-state index in [1.807, 2.05) is 33.3 Å². The molecule has 0 aromatic carbocycles. The fourth-order valence-corrected chi connectivity index (χ4v) is 5.51. The Morgan fingerprint density at radius 2 is 0.982 bits per heavy atom. The van der Waals surface area contributed by atoms with Crippen molar-refractivity contribution < 1.29 is 38.2 Å². The predicted octanol–water partition coefficient (Wildman–Crippen LogP) is 11.5. The lowest BCUT2D eigenvalue weighted by atomic mass is 10.1. The fraction of sp³-hybridized carbons (Fsp3) is 0.604. The van der Waals surface area contributed by atoms with E-state index in [2.05, 4.69) is 98.9 Å². The Balaban J connectivity index is 4.48. The summed E-state index contributed by atoms with van der Waals surface area (Å²) in [5.41, 5.74) is 0. The molecule has 8 heteroatoms. The van der Waals surface area contributed by atoms with Crippen LogP contribution in [0.3, 0.4) is 0 Å². The molecule has 8 nitrogen and oxygen atoms in total. The zero-order valence-corrected chi connectivity index (χ0v) is 35.8. The molecule has 56 heavy (non-hydrogen) atoms. The number of likely N-dealkylation sites (N-methyl/N-ethyl adjacent to an activating group) is 1. The highest BCUT2D eigenvalue weighted by atomic mass is 16.6. The van der Waals surface area contributed by atoms with Crippen LogP contribution >= 0.6 is 0 Å². The number of carboxylic acid groups (broad SMARTS) is 1. The van der Waals surface area contributed by atoms with Gasteiger partial charge in [-0.1, -0.05) is 137 Å². The number of aliphatic carboxylic acids is 1. The van der Waals surface area contributed by atoms with Crippen molar-refractivity contribution in [3.63, 3.8) is 0 Å². The third-order valence-corrected chi connectivity index (χ3v) is 8.74. The van der Waals surface area contributed by atoms with Crippen LogP contribution in [-0.2, 0) is 28.6 Å². The molecule has 2 atom stereocenters. The van der Waals surface area contributed by atoms with Gasteiger partial charge in [0.05, 0.1) is 34.4 Å².